The third-order valence-corrected chi connectivity index (χ3v) is 4.66. The highest BCUT2D eigenvalue weighted by Crippen LogP contribution is 2.10. The van der Waals surface area contributed by atoms with Crippen LogP contribution in [-0.4, -0.2) is 62.6 Å². The standard InChI is InChI=1S/C21H39N5/c1-7-26(8-2)15-11-12-18(3)24-21(22-4)23-16-19-13-9-10-14-20(19)17-25(5)6/h9-10,13-14,18H,7-8,11-12,15-17H2,1-6H3,(H2,22,23,24). The maximum Gasteiger partial charge on any atom is 0.191 e. The molecular formula is C21H39N5. The van der Waals surface area contributed by atoms with E-state index in [4.69, 9.17) is 0 Å². The maximum atomic E-state index is 4.38. The highest BCUT2D eigenvalue weighted by atomic mass is 15.2. The molecule has 1 atom stereocenters. The molecule has 0 aromatic heterocycles. The highest BCUT2D eigenvalue weighted by molar-refractivity contribution is 5.79. The fraction of sp³-hybridized carbons (Fsp3) is 0.667. The first-order valence-corrected chi connectivity index (χ1v) is 9.91. The van der Waals surface area contributed by atoms with E-state index in [1.165, 1.54) is 24.1 Å². The Morgan fingerprint density at radius 2 is 1.77 bits per heavy atom. The van der Waals surface area contributed by atoms with E-state index in [0.717, 1.165) is 38.6 Å². The van der Waals surface area contributed by atoms with Gasteiger partial charge in [-0.2, -0.15) is 0 Å². The van der Waals surface area contributed by atoms with Gasteiger partial charge in [0.15, 0.2) is 5.96 Å². The minimum Gasteiger partial charge on any atom is -0.354 e. The van der Waals surface area contributed by atoms with E-state index in [1.807, 2.05) is 7.05 Å². The van der Waals surface area contributed by atoms with Crippen molar-refractivity contribution in [1.82, 2.24) is 20.4 Å². The average molecular weight is 362 g/mol. The van der Waals surface area contributed by atoms with Crippen molar-refractivity contribution in [1.29, 1.82) is 0 Å². The van der Waals surface area contributed by atoms with Crippen LogP contribution in [0.1, 0.15) is 44.7 Å². The van der Waals surface area contributed by atoms with Gasteiger partial charge in [-0.1, -0.05) is 38.1 Å². The van der Waals surface area contributed by atoms with Crippen molar-refractivity contribution in [2.45, 2.75) is 52.7 Å². The first-order valence-electron chi connectivity index (χ1n) is 9.91. The lowest BCUT2D eigenvalue weighted by molar-refractivity contribution is 0.292. The fourth-order valence-electron chi connectivity index (χ4n) is 3.06. The summed E-state index contributed by atoms with van der Waals surface area (Å²) in [4.78, 5) is 9.05. The summed E-state index contributed by atoms with van der Waals surface area (Å²) in [6, 6.07) is 9.00. The van der Waals surface area contributed by atoms with Crippen LogP contribution in [0, 0.1) is 0 Å². The Bertz CT molecular complexity index is 523. The summed E-state index contributed by atoms with van der Waals surface area (Å²) >= 11 is 0. The lowest BCUT2D eigenvalue weighted by atomic mass is 10.1. The number of hydrogen-bond acceptors (Lipinski definition) is 3. The van der Waals surface area contributed by atoms with Gasteiger partial charge in [-0.05, 0) is 64.6 Å². The van der Waals surface area contributed by atoms with Crippen molar-refractivity contribution in [2.75, 3.05) is 40.8 Å². The van der Waals surface area contributed by atoms with Gasteiger partial charge in [-0.25, -0.2) is 0 Å². The summed E-state index contributed by atoms with van der Waals surface area (Å²) in [5.41, 5.74) is 2.67. The quantitative estimate of drug-likeness (QED) is 0.470. The van der Waals surface area contributed by atoms with Gasteiger partial charge in [0.25, 0.3) is 0 Å². The van der Waals surface area contributed by atoms with Crippen LogP contribution >= 0.6 is 0 Å². The second kappa shape index (κ2) is 12.7. The SMILES string of the molecule is CCN(CC)CCCC(C)NC(=NC)NCc1ccccc1CN(C)C. The molecule has 5 nitrogen and oxygen atoms in total. The number of hydrogen-bond donors (Lipinski definition) is 2. The number of guanidine groups is 1. The van der Waals surface area contributed by atoms with Crippen molar-refractivity contribution in [2.24, 2.45) is 4.99 Å². The smallest absolute Gasteiger partial charge is 0.191 e. The van der Waals surface area contributed by atoms with E-state index in [9.17, 15) is 0 Å². The van der Waals surface area contributed by atoms with E-state index in [1.54, 1.807) is 0 Å². The molecule has 148 valence electrons. The molecule has 0 saturated carbocycles. The largest absolute Gasteiger partial charge is 0.354 e. The minimum absolute atomic E-state index is 0.411. The maximum absolute atomic E-state index is 4.38. The molecule has 1 rings (SSSR count). The number of rotatable bonds is 11. The summed E-state index contributed by atoms with van der Waals surface area (Å²) in [5, 5.41) is 6.98. The Kier molecular flexibility index (Phi) is 11.0. The molecule has 1 aromatic rings. The summed E-state index contributed by atoms with van der Waals surface area (Å²) in [7, 11) is 6.04. The number of benzene rings is 1. The molecule has 1 aromatic carbocycles. The van der Waals surface area contributed by atoms with Gasteiger partial charge in [-0.3, -0.25) is 4.99 Å². The summed E-state index contributed by atoms with van der Waals surface area (Å²) in [6.45, 7) is 11.9. The van der Waals surface area contributed by atoms with Gasteiger partial charge >= 0.3 is 0 Å². The first kappa shape index (κ1) is 22.5. The molecule has 2 N–H and O–H groups in total. The van der Waals surface area contributed by atoms with Gasteiger partial charge < -0.3 is 20.4 Å². The third kappa shape index (κ3) is 8.68. The van der Waals surface area contributed by atoms with E-state index in [2.05, 4.69) is 84.6 Å². The fourth-order valence-corrected chi connectivity index (χ4v) is 3.06. The van der Waals surface area contributed by atoms with Crippen LogP contribution < -0.4 is 10.6 Å². The Morgan fingerprint density at radius 3 is 2.35 bits per heavy atom. The van der Waals surface area contributed by atoms with Crippen LogP contribution in [0.15, 0.2) is 29.3 Å². The second-order valence-electron chi connectivity index (χ2n) is 7.15. The van der Waals surface area contributed by atoms with Crippen LogP contribution in [0.3, 0.4) is 0 Å². The zero-order chi connectivity index (χ0) is 19.4. The zero-order valence-electron chi connectivity index (χ0n) is 17.7. The van der Waals surface area contributed by atoms with Crippen LogP contribution in [0.25, 0.3) is 0 Å². The molecular weight excluding hydrogens is 322 g/mol. The van der Waals surface area contributed by atoms with Crippen molar-refractivity contribution in [3.8, 4) is 0 Å². The molecule has 0 heterocycles. The number of aliphatic imine (C=N–C) groups is 1. The van der Waals surface area contributed by atoms with Crippen LogP contribution in [-0.2, 0) is 13.1 Å². The van der Waals surface area contributed by atoms with Crippen LogP contribution in [0.2, 0.25) is 0 Å². The lowest BCUT2D eigenvalue weighted by Crippen LogP contribution is -2.42. The molecule has 0 radical (unpaired) electrons. The van der Waals surface area contributed by atoms with Crippen molar-refractivity contribution in [3.63, 3.8) is 0 Å². The van der Waals surface area contributed by atoms with Gasteiger partial charge in [-0.15, -0.1) is 0 Å². The summed E-state index contributed by atoms with van der Waals surface area (Å²) < 4.78 is 0. The number of nitrogens with one attached hydrogen (secondary N) is 2. The molecule has 5 heteroatoms. The molecule has 0 fully saturated rings. The predicted octanol–water partition coefficient (Wildman–Crippen LogP) is 2.92. The molecule has 26 heavy (non-hydrogen) atoms. The van der Waals surface area contributed by atoms with Crippen molar-refractivity contribution < 1.29 is 0 Å². The van der Waals surface area contributed by atoms with E-state index >= 15 is 0 Å². The molecule has 0 aliphatic rings. The Hall–Kier alpha value is -1.59. The topological polar surface area (TPSA) is 42.9 Å². The summed E-state index contributed by atoms with van der Waals surface area (Å²) in [5.74, 6) is 0.875. The van der Waals surface area contributed by atoms with Gasteiger partial charge in [0.2, 0.25) is 0 Å². The van der Waals surface area contributed by atoms with Gasteiger partial charge in [0.1, 0.15) is 0 Å². The van der Waals surface area contributed by atoms with E-state index in [-0.39, 0.29) is 0 Å². The normalized spacial score (nSPS) is 13.3. The van der Waals surface area contributed by atoms with Gasteiger partial charge in [0.05, 0.1) is 0 Å². The van der Waals surface area contributed by atoms with Crippen molar-refractivity contribution in [3.05, 3.63) is 35.4 Å². The lowest BCUT2D eigenvalue weighted by Gasteiger charge is -2.21. The van der Waals surface area contributed by atoms with E-state index in [0.29, 0.717) is 6.04 Å². The molecule has 1 unspecified atom stereocenters. The Balaban J connectivity index is 2.46. The molecule has 0 spiro atoms. The van der Waals surface area contributed by atoms with Crippen molar-refractivity contribution >= 4 is 5.96 Å². The number of nitrogens with zero attached hydrogens (tertiary/aromatic N) is 3. The van der Waals surface area contributed by atoms with Crippen LogP contribution in [0.5, 0.6) is 0 Å². The Labute approximate surface area is 160 Å². The predicted molar refractivity (Wildman–Crippen MR) is 114 cm³/mol. The average Bonchev–Trinajstić information content (AvgIpc) is 2.63. The molecule has 0 aliphatic heterocycles. The summed E-state index contributed by atoms with van der Waals surface area (Å²) in [6.07, 6.45) is 2.35. The van der Waals surface area contributed by atoms with E-state index < -0.39 is 0 Å². The molecule has 0 bridgehead atoms. The second-order valence-corrected chi connectivity index (χ2v) is 7.15. The molecule has 0 saturated heterocycles. The van der Waals surface area contributed by atoms with Gasteiger partial charge in [0, 0.05) is 26.2 Å². The molecule has 0 aliphatic carbocycles. The Morgan fingerprint density at radius 1 is 1.12 bits per heavy atom. The third-order valence-electron chi connectivity index (χ3n) is 4.66. The monoisotopic (exact) mass is 361 g/mol. The minimum atomic E-state index is 0.411. The highest BCUT2D eigenvalue weighted by Gasteiger charge is 2.08. The van der Waals surface area contributed by atoms with Crippen LogP contribution in [0.4, 0.5) is 0 Å². The zero-order valence-corrected chi connectivity index (χ0v) is 17.7. The first-order chi connectivity index (χ1) is 12.5. The molecule has 0 amide bonds.